The first-order chi connectivity index (χ1) is 10.1. The van der Waals surface area contributed by atoms with Gasteiger partial charge >= 0.3 is 6.03 Å². The maximum absolute atomic E-state index is 11.8. The van der Waals surface area contributed by atoms with E-state index < -0.39 is 6.03 Å². The lowest BCUT2D eigenvalue weighted by atomic mass is 10.2. The zero-order chi connectivity index (χ0) is 15.2. The summed E-state index contributed by atoms with van der Waals surface area (Å²) in [6, 6.07) is 4.01. The van der Waals surface area contributed by atoms with Gasteiger partial charge in [-0.25, -0.2) is 4.79 Å². The molecule has 5 nitrogen and oxygen atoms in total. The van der Waals surface area contributed by atoms with E-state index in [1.54, 1.807) is 11.3 Å². The molecule has 1 saturated carbocycles. The molecule has 1 unspecified atom stereocenters. The summed E-state index contributed by atoms with van der Waals surface area (Å²) >= 11 is 1.66. The number of amides is 3. The molecule has 1 aromatic heterocycles. The molecule has 6 heteroatoms. The highest BCUT2D eigenvalue weighted by atomic mass is 32.1. The van der Waals surface area contributed by atoms with Gasteiger partial charge in [0.2, 0.25) is 5.91 Å². The van der Waals surface area contributed by atoms with Gasteiger partial charge in [-0.2, -0.15) is 0 Å². The number of hydrogen-bond donors (Lipinski definition) is 2. The summed E-state index contributed by atoms with van der Waals surface area (Å²) in [4.78, 5) is 26.6. The fourth-order valence-corrected chi connectivity index (χ4v) is 2.98. The number of nitrogens with zero attached hydrogens (tertiary/aromatic N) is 1. The summed E-state index contributed by atoms with van der Waals surface area (Å²) in [5.74, 6) is 0.459. The van der Waals surface area contributed by atoms with Crippen molar-refractivity contribution in [3.8, 4) is 0 Å². The zero-order valence-electron chi connectivity index (χ0n) is 12.6. The van der Waals surface area contributed by atoms with Gasteiger partial charge in [-0.05, 0) is 50.6 Å². The normalized spacial score (nSPS) is 15.8. The van der Waals surface area contributed by atoms with Gasteiger partial charge < -0.3 is 5.32 Å². The second-order valence-electron chi connectivity index (χ2n) is 5.63. The van der Waals surface area contributed by atoms with Crippen LogP contribution in [0.25, 0.3) is 0 Å². The minimum atomic E-state index is -0.413. The van der Waals surface area contributed by atoms with Crippen molar-refractivity contribution in [3.63, 3.8) is 0 Å². The number of rotatable bonds is 7. The fraction of sp³-hybridized carbons (Fsp3) is 0.600. The van der Waals surface area contributed by atoms with Gasteiger partial charge in [-0.15, -0.1) is 11.3 Å². The molecule has 0 aliphatic heterocycles. The standard InChI is InChI=1S/C15H23N3O2S/c1-11(12-5-6-12)18(2)10-14(19)17-15(20)16-8-7-13-4-3-9-21-13/h3-4,9,11-12H,5-8,10H2,1-2H3,(H2,16,17,19,20). The highest BCUT2D eigenvalue weighted by molar-refractivity contribution is 7.09. The van der Waals surface area contributed by atoms with Crippen LogP contribution < -0.4 is 10.6 Å². The molecular weight excluding hydrogens is 286 g/mol. The molecule has 2 N–H and O–H groups in total. The van der Waals surface area contributed by atoms with Crippen LogP contribution in [0.3, 0.4) is 0 Å². The van der Waals surface area contributed by atoms with Gasteiger partial charge in [0.05, 0.1) is 6.54 Å². The van der Waals surface area contributed by atoms with Crippen LogP contribution in [-0.2, 0) is 11.2 Å². The third-order valence-electron chi connectivity index (χ3n) is 3.88. The van der Waals surface area contributed by atoms with Crippen molar-refractivity contribution in [1.29, 1.82) is 0 Å². The Bertz CT molecular complexity index is 471. The summed E-state index contributed by atoms with van der Waals surface area (Å²) in [5.41, 5.74) is 0. The van der Waals surface area contributed by atoms with E-state index in [2.05, 4.69) is 17.6 Å². The first kappa shape index (κ1) is 16.0. The lowest BCUT2D eigenvalue weighted by Gasteiger charge is -2.23. The second-order valence-corrected chi connectivity index (χ2v) is 6.66. The van der Waals surface area contributed by atoms with E-state index in [0.29, 0.717) is 18.5 Å². The molecule has 1 aromatic rings. The first-order valence-corrected chi connectivity index (χ1v) is 8.24. The maximum atomic E-state index is 11.8. The smallest absolute Gasteiger partial charge is 0.321 e. The Balaban J connectivity index is 1.61. The van der Waals surface area contributed by atoms with E-state index in [1.807, 2.05) is 29.5 Å². The van der Waals surface area contributed by atoms with Crippen molar-refractivity contribution in [2.45, 2.75) is 32.2 Å². The third kappa shape index (κ3) is 5.47. The Hall–Kier alpha value is -1.40. The number of nitrogens with one attached hydrogen (secondary N) is 2. The quantitative estimate of drug-likeness (QED) is 0.808. The van der Waals surface area contributed by atoms with Gasteiger partial charge in [-0.1, -0.05) is 6.07 Å². The van der Waals surface area contributed by atoms with E-state index in [1.165, 1.54) is 17.7 Å². The Morgan fingerprint density at radius 2 is 2.24 bits per heavy atom. The van der Waals surface area contributed by atoms with E-state index in [4.69, 9.17) is 0 Å². The van der Waals surface area contributed by atoms with Gasteiger partial charge in [0.1, 0.15) is 0 Å². The number of urea groups is 1. The Labute approximate surface area is 129 Å². The van der Waals surface area contributed by atoms with E-state index >= 15 is 0 Å². The molecule has 21 heavy (non-hydrogen) atoms. The largest absolute Gasteiger partial charge is 0.337 e. The van der Waals surface area contributed by atoms with Crippen LogP contribution in [0.5, 0.6) is 0 Å². The number of likely N-dealkylation sites (N-methyl/N-ethyl adjacent to an activating group) is 1. The average molecular weight is 309 g/mol. The summed E-state index contributed by atoms with van der Waals surface area (Å²) in [6.45, 7) is 2.93. The van der Waals surface area contributed by atoms with Crippen molar-refractivity contribution < 1.29 is 9.59 Å². The Morgan fingerprint density at radius 3 is 2.86 bits per heavy atom. The SMILES string of the molecule is CC(C1CC1)N(C)CC(=O)NC(=O)NCCc1cccs1. The molecular formula is C15H23N3O2S. The van der Waals surface area contributed by atoms with Crippen molar-refractivity contribution in [1.82, 2.24) is 15.5 Å². The summed E-state index contributed by atoms with van der Waals surface area (Å²) < 4.78 is 0. The molecule has 0 radical (unpaired) electrons. The van der Waals surface area contributed by atoms with Crippen molar-refractivity contribution in [3.05, 3.63) is 22.4 Å². The number of imide groups is 1. The zero-order valence-corrected chi connectivity index (χ0v) is 13.4. The third-order valence-corrected chi connectivity index (χ3v) is 4.82. The van der Waals surface area contributed by atoms with Crippen LogP contribution >= 0.6 is 11.3 Å². The fourth-order valence-electron chi connectivity index (χ4n) is 2.27. The Kier molecular flexibility index (Phi) is 5.76. The lowest BCUT2D eigenvalue weighted by molar-refractivity contribution is -0.121. The molecule has 1 heterocycles. The predicted molar refractivity (Wildman–Crippen MR) is 84.4 cm³/mol. The average Bonchev–Trinajstić information content (AvgIpc) is 3.15. The van der Waals surface area contributed by atoms with Crippen LogP contribution in [0, 0.1) is 5.92 Å². The number of thiophene rings is 1. The van der Waals surface area contributed by atoms with Crippen LogP contribution in [0.2, 0.25) is 0 Å². The second kappa shape index (κ2) is 7.56. The highest BCUT2D eigenvalue weighted by Crippen LogP contribution is 2.34. The monoisotopic (exact) mass is 309 g/mol. The minimum Gasteiger partial charge on any atom is -0.337 e. The van der Waals surface area contributed by atoms with E-state index in [0.717, 1.165) is 6.42 Å². The van der Waals surface area contributed by atoms with Gasteiger partial charge in [-0.3, -0.25) is 15.0 Å². The van der Waals surface area contributed by atoms with Gasteiger partial charge in [0, 0.05) is 17.5 Å². The van der Waals surface area contributed by atoms with E-state index in [-0.39, 0.29) is 12.5 Å². The summed E-state index contributed by atoms with van der Waals surface area (Å²) in [6.07, 6.45) is 3.28. The van der Waals surface area contributed by atoms with E-state index in [9.17, 15) is 9.59 Å². The van der Waals surface area contributed by atoms with Crippen LogP contribution in [0.4, 0.5) is 4.79 Å². The summed E-state index contributed by atoms with van der Waals surface area (Å²) in [7, 11) is 1.93. The van der Waals surface area contributed by atoms with Crippen molar-refractivity contribution >= 4 is 23.3 Å². The van der Waals surface area contributed by atoms with Gasteiger partial charge in [0.25, 0.3) is 0 Å². The molecule has 0 saturated heterocycles. The minimum absolute atomic E-state index is 0.251. The molecule has 0 spiro atoms. The number of carbonyl (C=O) groups excluding carboxylic acids is 2. The van der Waals surface area contributed by atoms with Crippen LogP contribution in [-0.4, -0.2) is 43.0 Å². The summed E-state index contributed by atoms with van der Waals surface area (Å²) in [5, 5.41) is 7.09. The maximum Gasteiger partial charge on any atom is 0.321 e. The highest BCUT2D eigenvalue weighted by Gasteiger charge is 2.31. The molecule has 0 bridgehead atoms. The molecule has 3 amide bonds. The number of hydrogen-bond acceptors (Lipinski definition) is 4. The van der Waals surface area contributed by atoms with Crippen molar-refractivity contribution in [2.75, 3.05) is 20.1 Å². The Morgan fingerprint density at radius 1 is 1.48 bits per heavy atom. The molecule has 0 aromatic carbocycles. The molecule has 1 atom stereocenters. The molecule has 1 fully saturated rings. The molecule has 116 valence electrons. The first-order valence-electron chi connectivity index (χ1n) is 7.36. The molecule has 2 rings (SSSR count). The predicted octanol–water partition coefficient (Wildman–Crippen LogP) is 1.85. The lowest BCUT2D eigenvalue weighted by Crippen LogP contribution is -2.46. The molecule has 1 aliphatic carbocycles. The van der Waals surface area contributed by atoms with Crippen molar-refractivity contribution in [2.24, 2.45) is 5.92 Å². The topological polar surface area (TPSA) is 61.4 Å². The van der Waals surface area contributed by atoms with Crippen LogP contribution in [0.1, 0.15) is 24.6 Å². The van der Waals surface area contributed by atoms with Crippen LogP contribution in [0.15, 0.2) is 17.5 Å². The number of carbonyl (C=O) groups is 2. The molecule has 1 aliphatic rings. The van der Waals surface area contributed by atoms with Gasteiger partial charge in [0.15, 0.2) is 0 Å².